The Bertz CT molecular complexity index is 665. The van der Waals surface area contributed by atoms with E-state index in [1.807, 2.05) is 30.3 Å². The molecule has 0 bridgehead atoms. The molecule has 0 saturated carbocycles. The number of ether oxygens (including phenoxy) is 1. The monoisotopic (exact) mass is 269 g/mol. The molecular formula is C17H16FNO. The summed E-state index contributed by atoms with van der Waals surface area (Å²) >= 11 is 0. The van der Waals surface area contributed by atoms with Gasteiger partial charge in [0.1, 0.15) is 28.9 Å². The van der Waals surface area contributed by atoms with E-state index in [4.69, 9.17) is 10.00 Å². The minimum atomic E-state index is -0.571. The van der Waals surface area contributed by atoms with Crippen molar-refractivity contribution < 1.29 is 9.13 Å². The van der Waals surface area contributed by atoms with Gasteiger partial charge >= 0.3 is 0 Å². The summed E-state index contributed by atoms with van der Waals surface area (Å²) in [5.74, 6) is 0.310. The van der Waals surface area contributed by atoms with Crippen molar-refractivity contribution in [2.75, 3.05) is 0 Å². The summed E-state index contributed by atoms with van der Waals surface area (Å²) in [7, 11) is 0. The second-order valence-corrected chi connectivity index (χ2v) is 5.57. The standard InChI is InChI=1S/C17H16FNO/c1-17(2,3)13-7-4-5-9-16(13)20-15-10-6-8-14(18)12(15)11-19/h4-10H,1-3H3. The van der Waals surface area contributed by atoms with Crippen molar-refractivity contribution >= 4 is 0 Å². The quantitative estimate of drug-likeness (QED) is 0.785. The molecule has 0 heterocycles. The molecule has 0 atom stereocenters. The van der Waals surface area contributed by atoms with E-state index in [2.05, 4.69) is 20.8 Å². The maximum absolute atomic E-state index is 13.6. The third kappa shape index (κ3) is 2.80. The average Bonchev–Trinajstić information content (AvgIpc) is 2.38. The van der Waals surface area contributed by atoms with E-state index in [0.29, 0.717) is 5.75 Å². The predicted octanol–water partition coefficient (Wildman–Crippen LogP) is 4.79. The molecule has 102 valence electrons. The Morgan fingerprint density at radius 2 is 1.65 bits per heavy atom. The number of para-hydroxylation sites is 1. The molecule has 0 fully saturated rings. The lowest BCUT2D eigenvalue weighted by molar-refractivity contribution is 0.450. The summed E-state index contributed by atoms with van der Waals surface area (Å²) in [6.45, 7) is 6.23. The Balaban J connectivity index is 2.47. The lowest BCUT2D eigenvalue weighted by atomic mass is 9.86. The summed E-state index contributed by atoms with van der Waals surface area (Å²) in [6, 6.07) is 13.8. The molecule has 0 saturated heterocycles. The molecule has 20 heavy (non-hydrogen) atoms. The molecule has 0 unspecified atom stereocenters. The van der Waals surface area contributed by atoms with E-state index in [0.717, 1.165) is 5.56 Å². The van der Waals surface area contributed by atoms with Crippen LogP contribution in [0.4, 0.5) is 4.39 Å². The van der Waals surface area contributed by atoms with Crippen LogP contribution in [-0.2, 0) is 5.41 Å². The molecule has 3 heteroatoms. The van der Waals surface area contributed by atoms with Gasteiger partial charge in [-0.05, 0) is 23.6 Å². The molecule has 2 nitrogen and oxygen atoms in total. The molecule has 0 aliphatic carbocycles. The number of hydrogen-bond donors (Lipinski definition) is 0. The van der Waals surface area contributed by atoms with Crippen molar-refractivity contribution in [3.63, 3.8) is 0 Å². The van der Waals surface area contributed by atoms with Gasteiger partial charge < -0.3 is 4.74 Å². The predicted molar refractivity (Wildman–Crippen MR) is 76.3 cm³/mol. The Morgan fingerprint density at radius 3 is 2.30 bits per heavy atom. The van der Waals surface area contributed by atoms with Crippen molar-refractivity contribution in [2.45, 2.75) is 26.2 Å². The maximum Gasteiger partial charge on any atom is 0.148 e. The summed E-state index contributed by atoms with van der Waals surface area (Å²) < 4.78 is 19.4. The molecule has 0 aliphatic rings. The Kier molecular flexibility index (Phi) is 3.76. The summed E-state index contributed by atoms with van der Waals surface area (Å²) in [4.78, 5) is 0. The lowest BCUT2D eigenvalue weighted by Crippen LogP contribution is -2.12. The number of hydrogen-bond acceptors (Lipinski definition) is 2. The van der Waals surface area contributed by atoms with Gasteiger partial charge in [-0.25, -0.2) is 4.39 Å². The molecule has 2 aromatic carbocycles. The topological polar surface area (TPSA) is 33.0 Å². The smallest absolute Gasteiger partial charge is 0.148 e. The Hall–Kier alpha value is -2.34. The largest absolute Gasteiger partial charge is 0.456 e. The lowest BCUT2D eigenvalue weighted by Gasteiger charge is -2.22. The molecule has 0 amide bonds. The van der Waals surface area contributed by atoms with Crippen LogP contribution < -0.4 is 4.74 Å². The third-order valence-electron chi connectivity index (χ3n) is 3.00. The highest BCUT2D eigenvalue weighted by Crippen LogP contribution is 2.35. The second-order valence-electron chi connectivity index (χ2n) is 5.57. The van der Waals surface area contributed by atoms with E-state index < -0.39 is 5.82 Å². The fourth-order valence-electron chi connectivity index (χ4n) is 1.99. The minimum Gasteiger partial charge on any atom is -0.456 e. The first-order valence-electron chi connectivity index (χ1n) is 6.39. The number of nitriles is 1. The van der Waals surface area contributed by atoms with Crippen LogP contribution in [0.15, 0.2) is 42.5 Å². The molecule has 0 radical (unpaired) electrons. The van der Waals surface area contributed by atoms with Gasteiger partial charge in [-0.2, -0.15) is 5.26 Å². The van der Waals surface area contributed by atoms with E-state index in [1.54, 1.807) is 6.07 Å². The van der Waals surface area contributed by atoms with Gasteiger partial charge in [-0.1, -0.05) is 45.0 Å². The summed E-state index contributed by atoms with van der Waals surface area (Å²) in [6.07, 6.45) is 0. The normalized spacial score (nSPS) is 10.9. The van der Waals surface area contributed by atoms with Crippen LogP contribution in [0.3, 0.4) is 0 Å². The van der Waals surface area contributed by atoms with Crippen molar-refractivity contribution in [3.05, 3.63) is 59.4 Å². The molecule has 0 aliphatic heterocycles. The van der Waals surface area contributed by atoms with Crippen molar-refractivity contribution in [1.29, 1.82) is 5.26 Å². The van der Waals surface area contributed by atoms with Crippen LogP contribution in [0.25, 0.3) is 0 Å². The van der Waals surface area contributed by atoms with Crippen molar-refractivity contribution in [2.24, 2.45) is 0 Å². The number of benzene rings is 2. The van der Waals surface area contributed by atoms with E-state index >= 15 is 0 Å². The summed E-state index contributed by atoms with van der Waals surface area (Å²) in [5.41, 5.74) is 0.834. The van der Waals surface area contributed by atoms with Gasteiger partial charge in [-0.3, -0.25) is 0 Å². The zero-order chi connectivity index (χ0) is 14.8. The molecule has 0 N–H and O–H groups in total. The van der Waals surface area contributed by atoms with Crippen LogP contribution in [0.2, 0.25) is 0 Å². The highest BCUT2D eigenvalue weighted by atomic mass is 19.1. The van der Waals surface area contributed by atoms with Crippen LogP contribution in [0.1, 0.15) is 31.9 Å². The molecule has 0 aromatic heterocycles. The van der Waals surface area contributed by atoms with Gasteiger partial charge in [0, 0.05) is 5.56 Å². The fourth-order valence-corrected chi connectivity index (χ4v) is 1.99. The van der Waals surface area contributed by atoms with Gasteiger partial charge in [0.25, 0.3) is 0 Å². The van der Waals surface area contributed by atoms with Gasteiger partial charge in [-0.15, -0.1) is 0 Å². The van der Waals surface area contributed by atoms with E-state index in [-0.39, 0.29) is 16.7 Å². The second kappa shape index (κ2) is 5.34. The Morgan fingerprint density at radius 1 is 1.00 bits per heavy atom. The highest BCUT2D eigenvalue weighted by molar-refractivity contribution is 5.48. The van der Waals surface area contributed by atoms with Gasteiger partial charge in [0.05, 0.1) is 0 Å². The average molecular weight is 269 g/mol. The first-order chi connectivity index (χ1) is 9.43. The first kappa shape index (κ1) is 14.1. The molecule has 2 aromatic rings. The number of halogens is 1. The Labute approximate surface area is 118 Å². The summed E-state index contributed by atoms with van der Waals surface area (Å²) in [5, 5.41) is 9.04. The first-order valence-corrected chi connectivity index (χ1v) is 6.39. The van der Waals surface area contributed by atoms with E-state index in [9.17, 15) is 4.39 Å². The maximum atomic E-state index is 13.6. The van der Waals surface area contributed by atoms with Gasteiger partial charge in [0.15, 0.2) is 0 Å². The van der Waals surface area contributed by atoms with Crippen molar-refractivity contribution in [3.8, 4) is 17.6 Å². The zero-order valence-corrected chi connectivity index (χ0v) is 11.8. The van der Waals surface area contributed by atoms with E-state index in [1.165, 1.54) is 12.1 Å². The van der Waals surface area contributed by atoms with Crippen LogP contribution >= 0.6 is 0 Å². The highest BCUT2D eigenvalue weighted by Gasteiger charge is 2.20. The van der Waals surface area contributed by atoms with Crippen molar-refractivity contribution in [1.82, 2.24) is 0 Å². The van der Waals surface area contributed by atoms with Crippen LogP contribution in [0, 0.1) is 17.1 Å². The SMILES string of the molecule is CC(C)(C)c1ccccc1Oc1cccc(F)c1C#N. The number of nitrogens with zero attached hydrogens (tertiary/aromatic N) is 1. The van der Waals surface area contributed by atoms with Crippen LogP contribution in [0.5, 0.6) is 11.5 Å². The van der Waals surface area contributed by atoms with Crippen LogP contribution in [-0.4, -0.2) is 0 Å². The zero-order valence-electron chi connectivity index (χ0n) is 11.8. The molecule has 0 spiro atoms. The fraction of sp³-hybridized carbons (Fsp3) is 0.235. The number of rotatable bonds is 2. The molecular weight excluding hydrogens is 253 g/mol. The molecule has 2 rings (SSSR count). The van der Waals surface area contributed by atoms with Gasteiger partial charge in [0.2, 0.25) is 0 Å². The minimum absolute atomic E-state index is 0.0730. The third-order valence-corrected chi connectivity index (χ3v) is 3.00.